The van der Waals surface area contributed by atoms with E-state index in [0.29, 0.717) is 23.7 Å². The van der Waals surface area contributed by atoms with Crippen molar-refractivity contribution in [1.82, 2.24) is 4.98 Å². The Morgan fingerprint density at radius 1 is 1.00 bits per heavy atom. The minimum absolute atomic E-state index is 0.198. The van der Waals surface area contributed by atoms with Crippen LogP contribution < -0.4 is 15.4 Å². The average Bonchev–Trinajstić information content (AvgIpc) is 2.75. The van der Waals surface area contributed by atoms with Crippen LogP contribution in [-0.4, -0.2) is 30.6 Å². The molecule has 0 radical (unpaired) electrons. The minimum atomic E-state index is -0.531. The zero-order valence-corrected chi connectivity index (χ0v) is 16.1. The predicted molar refractivity (Wildman–Crippen MR) is 111 cm³/mol. The van der Waals surface area contributed by atoms with Crippen LogP contribution in [-0.2, 0) is 4.74 Å². The van der Waals surface area contributed by atoms with Gasteiger partial charge in [0.2, 0.25) is 0 Å². The molecule has 0 aliphatic rings. The second-order valence-corrected chi connectivity index (χ2v) is 5.98. The molecule has 0 bridgehead atoms. The van der Waals surface area contributed by atoms with Crippen molar-refractivity contribution in [3.05, 3.63) is 78.1 Å². The number of benzene rings is 2. The first-order chi connectivity index (χ1) is 14.1. The smallest absolute Gasteiger partial charge is 0.339 e. The van der Waals surface area contributed by atoms with Crippen molar-refractivity contribution in [2.45, 2.75) is 6.92 Å². The van der Waals surface area contributed by atoms with Gasteiger partial charge in [0.1, 0.15) is 11.4 Å². The van der Waals surface area contributed by atoms with Crippen molar-refractivity contribution >= 4 is 28.9 Å². The summed E-state index contributed by atoms with van der Waals surface area (Å²) in [5.41, 5.74) is 2.28. The number of nitrogens with one attached hydrogen (secondary N) is 2. The number of aromatic nitrogens is 1. The van der Waals surface area contributed by atoms with Crippen LogP contribution in [0.15, 0.2) is 66.9 Å². The standard InChI is InChI=1S/C22H21N3O4/c1-3-29-20-11-7-6-10-18(20)24-15-12-13-23-19(14-15)21(26)25-17-9-5-4-8-16(17)22(27)28-2/h4-14H,3H2,1-2H3,(H,23,24)(H,25,26). The predicted octanol–water partition coefficient (Wildman–Crippen LogP) is 4.26. The van der Waals surface area contributed by atoms with Crippen molar-refractivity contribution in [1.29, 1.82) is 0 Å². The lowest BCUT2D eigenvalue weighted by molar-refractivity contribution is 0.0602. The van der Waals surface area contributed by atoms with Crippen molar-refractivity contribution in [3.63, 3.8) is 0 Å². The van der Waals surface area contributed by atoms with Crippen molar-refractivity contribution in [2.24, 2.45) is 0 Å². The Morgan fingerprint density at radius 2 is 1.72 bits per heavy atom. The highest BCUT2D eigenvalue weighted by Crippen LogP contribution is 2.27. The quantitative estimate of drug-likeness (QED) is 0.585. The fraction of sp³-hybridized carbons (Fsp3) is 0.136. The number of hydrogen-bond acceptors (Lipinski definition) is 6. The largest absolute Gasteiger partial charge is 0.492 e. The number of pyridine rings is 1. The van der Waals surface area contributed by atoms with Gasteiger partial charge in [0, 0.05) is 11.9 Å². The Labute approximate surface area is 168 Å². The first-order valence-electron chi connectivity index (χ1n) is 9.06. The summed E-state index contributed by atoms with van der Waals surface area (Å²) in [4.78, 5) is 28.7. The number of carbonyl (C=O) groups is 2. The van der Waals surface area contributed by atoms with E-state index >= 15 is 0 Å². The van der Waals surface area contributed by atoms with E-state index in [-0.39, 0.29) is 11.3 Å². The van der Waals surface area contributed by atoms with Crippen molar-refractivity contribution in [2.75, 3.05) is 24.4 Å². The third-order valence-corrected chi connectivity index (χ3v) is 4.04. The Balaban J connectivity index is 1.80. The first kappa shape index (κ1) is 19.9. The average molecular weight is 391 g/mol. The van der Waals surface area contributed by atoms with Gasteiger partial charge in [-0.2, -0.15) is 0 Å². The lowest BCUT2D eigenvalue weighted by Gasteiger charge is -2.13. The van der Waals surface area contributed by atoms with Gasteiger partial charge in [0.15, 0.2) is 0 Å². The maximum atomic E-state index is 12.7. The van der Waals surface area contributed by atoms with Crippen LogP contribution in [0.25, 0.3) is 0 Å². The summed E-state index contributed by atoms with van der Waals surface area (Å²) in [5, 5.41) is 5.95. The topological polar surface area (TPSA) is 89.5 Å². The Kier molecular flexibility index (Phi) is 6.42. The fourth-order valence-electron chi connectivity index (χ4n) is 2.71. The molecule has 3 aromatic rings. The Morgan fingerprint density at radius 3 is 2.48 bits per heavy atom. The molecule has 0 atom stereocenters. The number of methoxy groups -OCH3 is 1. The maximum Gasteiger partial charge on any atom is 0.339 e. The Hall–Kier alpha value is -3.87. The second-order valence-electron chi connectivity index (χ2n) is 5.98. The van der Waals surface area contributed by atoms with Gasteiger partial charge in [-0.3, -0.25) is 9.78 Å². The van der Waals surface area contributed by atoms with E-state index in [9.17, 15) is 9.59 Å². The van der Waals surface area contributed by atoms with Gasteiger partial charge >= 0.3 is 5.97 Å². The number of carbonyl (C=O) groups excluding carboxylic acids is 2. The summed E-state index contributed by atoms with van der Waals surface area (Å²) in [6.07, 6.45) is 1.53. The monoisotopic (exact) mass is 391 g/mol. The molecular weight excluding hydrogens is 370 g/mol. The highest BCUT2D eigenvalue weighted by atomic mass is 16.5. The molecule has 0 saturated heterocycles. The molecule has 1 heterocycles. The van der Waals surface area contributed by atoms with Crippen LogP contribution in [0.5, 0.6) is 5.75 Å². The zero-order valence-electron chi connectivity index (χ0n) is 16.1. The molecule has 0 aliphatic heterocycles. The van der Waals surface area contributed by atoms with E-state index in [4.69, 9.17) is 9.47 Å². The lowest BCUT2D eigenvalue weighted by Crippen LogP contribution is -2.16. The SMILES string of the molecule is CCOc1ccccc1Nc1ccnc(C(=O)Nc2ccccc2C(=O)OC)c1. The molecule has 3 rings (SSSR count). The number of anilines is 3. The number of ether oxygens (including phenoxy) is 2. The van der Waals surface area contributed by atoms with Crippen molar-refractivity contribution in [3.8, 4) is 5.75 Å². The highest BCUT2D eigenvalue weighted by Gasteiger charge is 2.15. The molecule has 2 aromatic carbocycles. The molecule has 0 aliphatic carbocycles. The molecule has 7 heteroatoms. The highest BCUT2D eigenvalue weighted by molar-refractivity contribution is 6.07. The van der Waals surface area contributed by atoms with E-state index in [0.717, 1.165) is 5.69 Å². The van der Waals surface area contributed by atoms with Crippen LogP contribution in [0.3, 0.4) is 0 Å². The van der Waals surface area contributed by atoms with Gasteiger partial charge in [-0.1, -0.05) is 24.3 Å². The Bertz CT molecular complexity index is 1020. The van der Waals surface area contributed by atoms with E-state index in [1.165, 1.54) is 13.3 Å². The van der Waals surface area contributed by atoms with E-state index in [2.05, 4.69) is 15.6 Å². The molecule has 0 fully saturated rings. The summed E-state index contributed by atoms with van der Waals surface area (Å²) in [6, 6.07) is 17.5. The molecular formula is C22H21N3O4. The van der Waals surface area contributed by atoms with Gasteiger partial charge in [-0.05, 0) is 43.3 Å². The normalized spacial score (nSPS) is 10.1. The molecule has 29 heavy (non-hydrogen) atoms. The molecule has 0 spiro atoms. The van der Waals surface area contributed by atoms with Crippen LogP contribution in [0.2, 0.25) is 0 Å². The first-order valence-corrected chi connectivity index (χ1v) is 9.06. The van der Waals surface area contributed by atoms with Gasteiger partial charge in [-0.15, -0.1) is 0 Å². The summed E-state index contributed by atoms with van der Waals surface area (Å²) < 4.78 is 10.4. The van der Waals surface area contributed by atoms with Crippen LogP contribution in [0, 0.1) is 0 Å². The number of para-hydroxylation sites is 3. The summed E-state index contributed by atoms with van der Waals surface area (Å²) in [5.74, 6) is -0.260. The number of rotatable bonds is 7. The summed E-state index contributed by atoms with van der Waals surface area (Å²) in [6.45, 7) is 2.46. The van der Waals surface area contributed by atoms with Crippen LogP contribution in [0.1, 0.15) is 27.8 Å². The van der Waals surface area contributed by atoms with E-state index in [1.54, 1.807) is 36.4 Å². The van der Waals surface area contributed by atoms with Crippen LogP contribution in [0.4, 0.5) is 17.1 Å². The van der Waals surface area contributed by atoms with Gasteiger partial charge in [0.25, 0.3) is 5.91 Å². The summed E-state index contributed by atoms with van der Waals surface area (Å²) in [7, 11) is 1.29. The number of nitrogens with zero attached hydrogens (tertiary/aromatic N) is 1. The number of esters is 1. The molecule has 148 valence electrons. The minimum Gasteiger partial charge on any atom is -0.492 e. The molecule has 0 saturated carbocycles. The van der Waals surface area contributed by atoms with Gasteiger partial charge in [0.05, 0.1) is 30.7 Å². The van der Waals surface area contributed by atoms with E-state index < -0.39 is 11.9 Å². The van der Waals surface area contributed by atoms with Crippen LogP contribution >= 0.6 is 0 Å². The molecule has 1 amide bonds. The third kappa shape index (κ3) is 4.90. The molecule has 0 unspecified atom stereocenters. The third-order valence-electron chi connectivity index (χ3n) is 4.04. The van der Waals surface area contributed by atoms with E-state index in [1.807, 2.05) is 31.2 Å². The molecule has 2 N–H and O–H groups in total. The van der Waals surface area contributed by atoms with Crippen molar-refractivity contribution < 1.29 is 19.1 Å². The van der Waals surface area contributed by atoms with Gasteiger partial charge < -0.3 is 20.1 Å². The summed E-state index contributed by atoms with van der Waals surface area (Å²) >= 11 is 0. The second kappa shape index (κ2) is 9.36. The number of amides is 1. The van der Waals surface area contributed by atoms with Gasteiger partial charge in [-0.25, -0.2) is 4.79 Å². The fourth-order valence-corrected chi connectivity index (χ4v) is 2.71. The number of hydrogen-bond donors (Lipinski definition) is 2. The maximum absolute atomic E-state index is 12.7. The molecule has 7 nitrogen and oxygen atoms in total. The zero-order chi connectivity index (χ0) is 20.6. The molecule has 1 aromatic heterocycles. The lowest BCUT2D eigenvalue weighted by atomic mass is 10.1.